The predicted molar refractivity (Wildman–Crippen MR) is 63.8 cm³/mol. The van der Waals surface area contributed by atoms with E-state index in [1.807, 2.05) is 6.92 Å². The molecule has 5 heteroatoms. The lowest BCUT2D eigenvalue weighted by Crippen LogP contribution is -1.88. The summed E-state index contributed by atoms with van der Waals surface area (Å²) in [5.74, 6) is 0. The van der Waals surface area contributed by atoms with E-state index < -0.39 is 10.0 Å². The third-order valence-corrected chi connectivity index (χ3v) is 3.60. The van der Waals surface area contributed by atoms with Gasteiger partial charge < -0.3 is 0 Å². The topological polar surface area (TPSA) is 30.0 Å². The molecule has 2 aromatic rings. The molecule has 78 valence electrons. The van der Waals surface area contributed by atoms with Crippen LogP contribution < -0.4 is 0 Å². The number of halogens is 2. The van der Waals surface area contributed by atoms with E-state index >= 15 is 0 Å². The SMILES string of the molecule is Cc1cc(S(=O)Cl)cc2nccc(Cl)c12. The normalized spacial score (nSPS) is 13.0. The molecule has 0 fully saturated rings. The van der Waals surface area contributed by atoms with E-state index in [0.29, 0.717) is 15.4 Å². The number of aryl methyl sites for hydroxylation is 1. The lowest BCUT2D eigenvalue weighted by atomic mass is 10.1. The van der Waals surface area contributed by atoms with Gasteiger partial charge in [0.15, 0.2) is 0 Å². The molecule has 0 spiro atoms. The van der Waals surface area contributed by atoms with Gasteiger partial charge in [-0.05, 0) is 41.4 Å². The monoisotopic (exact) mass is 259 g/mol. The van der Waals surface area contributed by atoms with Crippen LogP contribution in [0, 0.1) is 6.92 Å². The fourth-order valence-corrected chi connectivity index (χ4v) is 2.55. The molecule has 1 aromatic heterocycles. The van der Waals surface area contributed by atoms with Gasteiger partial charge in [0.2, 0.25) is 0 Å². The van der Waals surface area contributed by atoms with Crippen LogP contribution in [-0.4, -0.2) is 9.19 Å². The maximum absolute atomic E-state index is 11.1. The van der Waals surface area contributed by atoms with Gasteiger partial charge in [-0.3, -0.25) is 4.98 Å². The van der Waals surface area contributed by atoms with Crippen molar-refractivity contribution in [2.45, 2.75) is 11.8 Å². The minimum absolute atomic E-state index is 0.552. The van der Waals surface area contributed by atoms with Crippen molar-refractivity contribution in [2.24, 2.45) is 0 Å². The maximum Gasteiger partial charge on any atom is 0.147 e. The van der Waals surface area contributed by atoms with Crippen molar-refractivity contribution >= 4 is 43.2 Å². The molecular formula is C10H7Cl2NOS. The van der Waals surface area contributed by atoms with Crippen molar-refractivity contribution < 1.29 is 4.21 Å². The Bertz CT molecular complexity index is 556. The van der Waals surface area contributed by atoms with Crippen LogP contribution in [0.1, 0.15) is 5.56 Å². The van der Waals surface area contributed by atoms with Crippen LogP contribution in [0.3, 0.4) is 0 Å². The molecule has 2 nitrogen and oxygen atoms in total. The summed E-state index contributed by atoms with van der Waals surface area (Å²) >= 11 is 6.05. The Morgan fingerprint density at radius 3 is 2.80 bits per heavy atom. The molecule has 0 saturated heterocycles. The second kappa shape index (κ2) is 4.08. The van der Waals surface area contributed by atoms with E-state index in [1.54, 1.807) is 24.4 Å². The van der Waals surface area contributed by atoms with Crippen LogP contribution in [0.5, 0.6) is 0 Å². The molecule has 2 rings (SSSR count). The first-order valence-electron chi connectivity index (χ1n) is 4.22. The third kappa shape index (κ3) is 2.00. The Hall–Kier alpha value is -0.640. The average molecular weight is 260 g/mol. The van der Waals surface area contributed by atoms with E-state index in [1.165, 1.54) is 0 Å². The standard InChI is InChI=1S/C10H7Cl2NOS/c1-6-4-7(15(12)14)5-9-10(6)8(11)2-3-13-9/h2-5H,1H3. The first-order chi connectivity index (χ1) is 7.09. The second-order valence-electron chi connectivity index (χ2n) is 3.15. The maximum atomic E-state index is 11.1. The molecule has 15 heavy (non-hydrogen) atoms. The number of pyridine rings is 1. The fraction of sp³-hybridized carbons (Fsp3) is 0.100. The zero-order valence-electron chi connectivity index (χ0n) is 7.83. The lowest BCUT2D eigenvalue weighted by molar-refractivity contribution is 0.691. The van der Waals surface area contributed by atoms with E-state index in [2.05, 4.69) is 4.98 Å². The van der Waals surface area contributed by atoms with Gasteiger partial charge in [0.1, 0.15) is 10.0 Å². The van der Waals surface area contributed by atoms with Gasteiger partial charge in [0.25, 0.3) is 0 Å². The Morgan fingerprint density at radius 1 is 1.40 bits per heavy atom. The summed E-state index contributed by atoms with van der Waals surface area (Å²) in [4.78, 5) is 4.72. The van der Waals surface area contributed by atoms with Crippen LogP contribution in [-0.2, 0) is 10.0 Å². The van der Waals surface area contributed by atoms with Crippen molar-refractivity contribution in [1.29, 1.82) is 0 Å². The number of hydrogen-bond donors (Lipinski definition) is 0. The number of aromatic nitrogens is 1. The minimum atomic E-state index is -1.51. The van der Waals surface area contributed by atoms with Crippen LogP contribution in [0.15, 0.2) is 29.3 Å². The quantitative estimate of drug-likeness (QED) is 0.735. The summed E-state index contributed by atoms with van der Waals surface area (Å²) < 4.78 is 11.1. The molecule has 0 N–H and O–H groups in total. The van der Waals surface area contributed by atoms with Crippen LogP contribution in [0.2, 0.25) is 5.02 Å². The summed E-state index contributed by atoms with van der Waals surface area (Å²) in [6.07, 6.45) is 1.62. The fourth-order valence-electron chi connectivity index (χ4n) is 1.51. The zero-order valence-corrected chi connectivity index (χ0v) is 10.2. The molecule has 0 radical (unpaired) electrons. The minimum Gasteiger partial charge on any atom is -0.256 e. The van der Waals surface area contributed by atoms with Gasteiger partial charge in [0, 0.05) is 11.6 Å². The molecule has 1 heterocycles. The number of rotatable bonds is 1. The summed E-state index contributed by atoms with van der Waals surface area (Å²) in [5.41, 5.74) is 1.64. The Kier molecular flexibility index (Phi) is 2.96. The Labute approximate surface area is 99.2 Å². The van der Waals surface area contributed by atoms with Crippen LogP contribution in [0.25, 0.3) is 10.9 Å². The predicted octanol–water partition coefficient (Wildman–Crippen LogP) is 3.46. The van der Waals surface area contributed by atoms with Crippen LogP contribution >= 0.6 is 22.3 Å². The highest BCUT2D eigenvalue weighted by Gasteiger charge is 2.08. The molecule has 1 aromatic carbocycles. The van der Waals surface area contributed by atoms with Crippen molar-refractivity contribution in [2.75, 3.05) is 0 Å². The van der Waals surface area contributed by atoms with E-state index in [9.17, 15) is 4.21 Å². The smallest absolute Gasteiger partial charge is 0.147 e. The zero-order chi connectivity index (χ0) is 11.0. The molecule has 0 aliphatic carbocycles. The third-order valence-electron chi connectivity index (χ3n) is 2.15. The van der Waals surface area contributed by atoms with Gasteiger partial charge in [-0.25, -0.2) is 4.21 Å². The second-order valence-corrected chi connectivity index (χ2v) is 5.32. The molecule has 1 unspecified atom stereocenters. The first kappa shape index (κ1) is 10.9. The molecule has 0 aliphatic rings. The van der Waals surface area contributed by atoms with Gasteiger partial charge in [-0.15, -0.1) is 0 Å². The Morgan fingerprint density at radius 2 is 2.13 bits per heavy atom. The molecule has 0 aliphatic heterocycles. The molecule has 0 saturated carbocycles. The molecule has 0 bridgehead atoms. The summed E-state index contributed by atoms with van der Waals surface area (Å²) in [5, 5.41) is 1.52. The largest absolute Gasteiger partial charge is 0.256 e. The molecule has 1 atom stereocenters. The summed E-state index contributed by atoms with van der Waals surface area (Å²) in [7, 11) is 4.01. The number of hydrogen-bond acceptors (Lipinski definition) is 2. The van der Waals surface area contributed by atoms with Crippen molar-refractivity contribution in [3.05, 3.63) is 35.0 Å². The highest BCUT2D eigenvalue weighted by molar-refractivity contribution is 8.08. The Balaban J connectivity index is 2.84. The summed E-state index contributed by atoms with van der Waals surface area (Å²) in [6.45, 7) is 1.89. The van der Waals surface area contributed by atoms with E-state index in [-0.39, 0.29) is 0 Å². The van der Waals surface area contributed by atoms with Gasteiger partial charge in [-0.2, -0.15) is 0 Å². The van der Waals surface area contributed by atoms with Crippen molar-refractivity contribution in [3.8, 4) is 0 Å². The van der Waals surface area contributed by atoms with Crippen LogP contribution in [0.4, 0.5) is 0 Å². The molecule has 0 amide bonds. The lowest BCUT2D eigenvalue weighted by Gasteiger charge is -2.05. The van der Waals surface area contributed by atoms with Crippen molar-refractivity contribution in [3.63, 3.8) is 0 Å². The van der Waals surface area contributed by atoms with Gasteiger partial charge in [-0.1, -0.05) is 11.6 Å². The van der Waals surface area contributed by atoms with Gasteiger partial charge in [0.05, 0.1) is 15.4 Å². The van der Waals surface area contributed by atoms with E-state index in [0.717, 1.165) is 10.9 Å². The van der Waals surface area contributed by atoms with E-state index in [4.69, 9.17) is 22.3 Å². The first-order valence-corrected chi connectivity index (χ1v) is 6.58. The number of nitrogens with zero attached hydrogens (tertiary/aromatic N) is 1. The summed E-state index contributed by atoms with van der Waals surface area (Å²) in [6, 6.07) is 5.19. The van der Waals surface area contributed by atoms with Gasteiger partial charge >= 0.3 is 0 Å². The average Bonchev–Trinajstić information content (AvgIpc) is 2.17. The highest BCUT2D eigenvalue weighted by atomic mass is 35.7. The molecular weight excluding hydrogens is 253 g/mol. The number of benzene rings is 1. The highest BCUT2D eigenvalue weighted by Crippen LogP contribution is 2.27. The van der Waals surface area contributed by atoms with Crippen molar-refractivity contribution in [1.82, 2.24) is 4.98 Å². The number of fused-ring (bicyclic) bond motifs is 1.